The number of nitrogens with one attached hydrogen (secondary N) is 2. The minimum atomic E-state index is -3.86. The molecule has 7 nitrogen and oxygen atoms in total. The van der Waals surface area contributed by atoms with Gasteiger partial charge in [-0.15, -0.1) is 0 Å². The normalized spacial score (nSPS) is 10.9. The maximum absolute atomic E-state index is 12.8. The summed E-state index contributed by atoms with van der Waals surface area (Å²) in [5.74, 6) is 0.765. The predicted molar refractivity (Wildman–Crippen MR) is 121 cm³/mol. The fourth-order valence-corrected chi connectivity index (χ4v) is 4.17. The van der Waals surface area contributed by atoms with E-state index in [4.69, 9.17) is 21.1 Å². The van der Waals surface area contributed by atoms with Crippen molar-refractivity contribution >= 4 is 38.9 Å². The van der Waals surface area contributed by atoms with Crippen LogP contribution in [-0.2, 0) is 14.8 Å². The Balaban J connectivity index is 1.67. The van der Waals surface area contributed by atoms with E-state index in [0.29, 0.717) is 33.5 Å². The number of sulfonamides is 1. The standard InChI is InChI=1S/C22H21ClN2O5S/c1-15-3-6-18(24-22(26)14-30-20-11-9-19(29-2)10-12-20)13-21(15)31(27,28)25-17-7-4-16(23)5-8-17/h3-13,25H,14H2,1-2H3,(H,24,26). The van der Waals surface area contributed by atoms with Gasteiger partial charge in [0.05, 0.1) is 12.0 Å². The number of halogens is 1. The number of methoxy groups -OCH3 is 1. The highest BCUT2D eigenvalue weighted by atomic mass is 35.5. The van der Waals surface area contributed by atoms with E-state index < -0.39 is 15.9 Å². The molecule has 1 amide bonds. The molecule has 0 aliphatic rings. The van der Waals surface area contributed by atoms with E-state index in [9.17, 15) is 13.2 Å². The number of hydrogen-bond donors (Lipinski definition) is 2. The number of hydrogen-bond acceptors (Lipinski definition) is 5. The number of aryl methyl sites for hydroxylation is 1. The van der Waals surface area contributed by atoms with Gasteiger partial charge in [-0.1, -0.05) is 17.7 Å². The third-order valence-electron chi connectivity index (χ3n) is 4.29. The Morgan fingerprint density at radius 1 is 0.935 bits per heavy atom. The second kappa shape index (κ2) is 9.72. The molecule has 0 aromatic heterocycles. The molecule has 0 aliphatic carbocycles. The molecule has 31 heavy (non-hydrogen) atoms. The molecule has 0 fully saturated rings. The fourth-order valence-electron chi connectivity index (χ4n) is 2.71. The summed E-state index contributed by atoms with van der Waals surface area (Å²) in [6.07, 6.45) is 0. The lowest BCUT2D eigenvalue weighted by Crippen LogP contribution is -2.21. The summed E-state index contributed by atoms with van der Waals surface area (Å²) >= 11 is 5.84. The van der Waals surface area contributed by atoms with E-state index in [1.54, 1.807) is 74.7 Å². The maximum atomic E-state index is 12.8. The topological polar surface area (TPSA) is 93.7 Å². The highest BCUT2D eigenvalue weighted by Crippen LogP contribution is 2.24. The molecule has 3 rings (SSSR count). The quantitative estimate of drug-likeness (QED) is 0.517. The van der Waals surface area contributed by atoms with Crippen LogP contribution in [0.1, 0.15) is 5.56 Å². The number of anilines is 2. The smallest absolute Gasteiger partial charge is 0.262 e. The van der Waals surface area contributed by atoms with Crippen molar-refractivity contribution in [1.82, 2.24) is 0 Å². The summed E-state index contributed by atoms with van der Waals surface area (Å²) in [7, 11) is -2.30. The van der Waals surface area contributed by atoms with Crippen LogP contribution in [0.4, 0.5) is 11.4 Å². The summed E-state index contributed by atoms with van der Waals surface area (Å²) in [4.78, 5) is 12.3. The minimum absolute atomic E-state index is 0.0522. The fraction of sp³-hybridized carbons (Fsp3) is 0.136. The van der Waals surface area contributed by atoms with Crippen LogP contribution in [0.25, 0.3) is 0 Å². The van der Waals surface area contributed by atoms with Crippen molar-refractivity contribution in [2.75, 3.05) is 23.8 Å². The first-order valence-electron chi connectivity index (χ1n) is 9.22. The highest BCUT2D eigenvalue weighted by Gasteiger charge is 2.18. The average Bonchev–Trinajstić information content (AvgIpc) is 2.75. The summed E-state index contributed by atoms with van der Waals surface area (Å²) in [5, 5.41) is 3.15. The molecule has 3 aromatic rings. The van der Waals surface area contributed by atoms with Crippen LogP contribution in [0.3, 0.4) is 0 Å². The minimum Gasteiger partial charge on any atom is -0.497 e. The third-order valence-corrected chi connectivity index (χ3v) is 6.06. The zero-order valence-corrected chi connectivity index (χ0v) is 18.5. The van der Waals surface area contributed by atoms with Gasteiger partial charge < -0.3 is 14.8 Å². The molecular weight excluding hydrogens is 440 g/mol. The Kier molecular flexibility index (Phi) is 7.04. The molecule has 9 heteroatoms. The molecule has 2 N–H and O–H groups in total. The van der Waals surface area contributed by atoms with Crippen LogP contribution in [-0.4, -0.2) is 28.0 Å². The Morgan fingerprint density at radius 2 is 1.55 bits per heavy atom. The summed E-state index contributed by atoms with van der Waals surface area (Å²) in [5.41, 5.74) is 1.26. The number of carbonyl (C=O) groups is 1. The second-order valence-electron chi connectivity index (χ2n) is 6.61. The molecule has 0 saturated carbocycles. The van der Waals surface area contributed by atoms with E-state index >= 15 is 0 Å². The monoisotopic (exact) mass is 460 g/mol. The van der Waals surface area contributed by atoms with Gasteiger partial charge in [0.15, 0.2) is 6.61 Å². The Labute approximate surface area is 186 Å². The van der Waals surface area contributed by atoms with Crippen LogP contribution in [0.2, 0.25) is 5.02 Å². The van der Waals surface area contributed by atoms with Crippen molar-refractivity contribution in [3.63, 3.8) is 0 Å². The largest absolute Gasteiger partial charge is 0.497 e. The van der Waals surface area contributed by atoms with Gasteiger partial charge in [-0.2, -0.15) is 0 Å². The maximum Gasteiger partial charge on any atom is 0.262 e. The van der Waals surface area contributed by atoms with Gasteiger partial charge in [0.2, 0.25) is 0 Å². The van der Waals surface area contributed by atoms with Gasteiger partial charge in [-0.3, -0.25) is 9.52 Å². The van der Waals surface area contributed by atoms with E-state index in [1.165, 1.54) is 6.07 Å². The predicted octanol–water partition coefficient (Wildman–Crippen LogP) is 4.48. The number of carbonyl (C=O) groups excluding carboxylic acids is 1. The van der Waals surface area contributed by atoms with Crippen molar-refractivity contribution < 1.29 is 22.7 Å². The van der Waals surface area contributed by atoms with Crippen LogP contribution in [0, 0.1) is 6.92 Å². The first kappa shape index (κ1) is 22.5. The van der Waals surface area contributed by atoms with Crippen molar-refractivity contribution in [2.45, 2.75) is 11.8 Å². The first-order chi connectivity index (χ1) is 14.8. The van der Waals surface area contributed by atoms with Crippen LogP contribution in [0.15, 0.2) is 71.6 Å². The summed E-state index contributed by atoms with van der Waals surface area (Å²) in [6, 6.07) is 17.8. The SMILES string of the molecule is COc1ccc(OCC(=O)Nc2ccc(C)c(S(=O)(=O)Nc3ccc(Cl)cc3)c2)cc1. The molecule has 0 saturated heterocycles. The molecule has 162 valence electrons. The molecule has 0 atom stereocenters. The Morgan fingerprint density at radius 3 is 2.19 bits per heavy atom. The Hall–Kier alpha value is -3.23. The molecular formula is C22H21ClN2O5S. The Bertz CT molecular complexity index is 1160. The number of rotatable bonds is 8. The molecule has 0 bridgehead atoms. The van der Waals surface area contributed by atoms with Crippen LogP contribution < -0.4 is 19.5 Å². The number of ether oxygens (including phenoxy) is 2. The van der Waals surface area contributed by atoms with E-state index in [0.717, 1.165) is 0 Å². The lowest BCUT2D eigenvalue weighted by Gasteiger charge is -2.13. The summed E-state index contributed by atoms with van der Waals surface area (Å²) in [6.45, 7) is 1.44. The zero-order chi connectivity index (χ0) is 22.4. The third kappa shape index (κ3) is 6.13. The van der Waals surface area contributed by atoms with E-state index in [2.05, 4.69) is 10.0 Å². The lowest BCUT2D eigenvalue weighted by atomic mass is 10.2. The zero-order valence-electron chi connectivity index (χ0n) is 16.9. The molecule has 0 aliphatic heterocycles. The van der Waals surface area contributed by atoms with Gasteiger partial charge in [-0.25, -0.2) is 8.42 Å². The van der Waals surface area contributed by atoms with Gasteiger partial charge in [0, 0.05) is 16.4 Å². The van der Waals surface area contributed by atoms with Crippen molar-refractivity contribution in [3.8, 4) is 11.5 Å². The van der Waals surface area contributed by atoms with E-state index in [-0.39, 0.29) is 11.5 Å². The van der Waals surface area contributed by atoms with Gasteiger partial charge in [0.1, 0.15) is 11.5 Å². The number of benzene rings is 3. The lowest BCUT2D eigenvalue weighted by molar-refractivity contribution is -0.118. The second-order valence-corrected chi connectivity index (χ2v) is 8.69. The van der Waals surface area contributed by atoms with Crippen LogP contribution in [0.5, 0.6) is 11.5 Å². The van der Waals surface area contributed by atoms with Crippen molar-refractivity contribution in [2.24, 2.45) is 0 Å². The molecule has 0 spiro atoms. The van der Waals surface area contributed by atoms with Crippen molar-refractivity contribution in [1.29, 1.82) is 0 Å². The highest BCUT2D eigenvalue weighted by molar-refractivity contribution is 7.92. The molecule has 0 heterocycles. The first-order valence-corrected chi connectivity index (χ1v) is 11.1. The van der Waals surface area contributed by atoms with Gasteiger partial charge in [0.25, 0.3) is 15.9 Å². The van der Waals surface area contributed by atoms with Gasteiger partial charge >= 0.3 is 0 Å². The number of amides is 1. The average molecular weight is 461 g/mol. The van der Waals surface area contributed by atoms with Gasteiger partial charge in [-0.05, 0) is 73.2 Å². The molecule has 0 radical (unpaired) electrons. The van der Waals surface area contributed by atoms with Crippen molar-refractivity contribution in [3.05, 3.63) is 77.3 Å². The molecule has 0 unspecified atom stereocenters. The van der Waals surface area contributed by atoms with Crippen LogP contribution >= 0.6 is 11.6 Å². The summed E-state index contributed by atoms with van der Waals surface area (Å²) < 4.78 is 38.6. The molecule has 3 aromatic carbocycles. The van der Waals surface area contributed by atoms with E-state index in [1.807, 2.05) is 0 Å².